The number of fused-ring (bicyclic) bond motifs is 6. The molecule has 0 radical (unpaired) electrons. The van der Waals surface area contributed by atoms with E-state index in [2.05, 4.69) is 86.7 Å². The highest BCUT2D eigenvalue weighted by atomic mass is 14.9. The molecule has 1 heteroatoms. The van der Waals surface area contributed by atoms with Gasteiger partial charge in [0.1, 0.15) is 0 Å². The first kappa shape index (κ1) is 13.9. The van der Waals surface area contributed by atoms with Gasteiger partial charge in [0.2, 0.25) is 0 Å². The molecular formula is C23H21N. The van der Waals surface area contributed by atoms with Crippen LogP contribution in [0, 0.1) is 6.92 Å². The predicted molar refractivity (Wildman–Crippen MR) is 105 cm³/mol. The highest BCUT2D eigenvalue weighted by Gasteiger charge is 2.23. The zero-order chi connectivity index (χ0) is 16.6. The molecule has 0 saturated carbocycles. The minimum atomic E-state index is 0.128. The van der Waals surface area contributed by atoms with Crippen LogP contribution >= 0.6 is 0 Å². The number of hydrogen-bond donors (Lipinski definition) is 0. The Balaban J connectivity index is 2.16. The van der Waals surface area contributed by atoms with Crippen molar-refractivity contribution in [1.29, 1.82) is 0 Å². The van der Waals surface area contributed by atoms with E-state index in [-0.39, 0.29) is 5.41 Å². The van der Waals surface area contributed by atoms with Gasteiger partial charge in [0.25, 0.3) is 0 Å². The fourth-order valence-corrected chi connectivity index (χ4v) is 4.26. The van der Waals surface area contributed by atoms with Crippen LogP contribution in [-0.2, 0) is 5.41 Å². The summed E-state index contributed by atoms with van der Waals surface area (Å²) in [6.07, 6.45) is 0. The molecule has 1 nitrogen and oxygen atoms in total. The van der Waals surface area contributed by atoms with E-state index in [1.165, 1.54) is 49.2 Å². The zero-order valence-electron chi connectivity index (χ0n) is 14.6. The van der Waals surface area contributed by atoms with Crippen molar-refractivity contribution in [3.8, 4) is 0 Å². The highest BCUT2D eigenvalue weighted by molar-refractivity contribution is 6.24. The summed E-state index contributed by atoms with van der Waals surface area (Å²) in [5.74, 6) is 0. The third-order valence-corrected chi connectivity index (χ3v) is 5.30. The van der Waals surface area contributed by atoms with Gasteiger partial charge in [-0.15, -0.1) is 0 Å². The summed E-state index contributed by atoms with van der Waals surface area (Å²) in [5, 5.41) is 5.50. The molecule has 2 aromatic heterocycles. The van der Waals surface area contributed by atoms with Crippen molar-refractivity contribution < 1.29 is 0 Å². The van der Waals surface area contributed by atoms with Crippen LogP contribution in [0.3, 0.4) is 0 Å². The Morgan fingerprint density at radius 1 is 0.750 bits per heavy atom. The fraction of sp³-hybridized carbons (Fsp3) is 0.217. The fourth-order valence-electron chi connectivity index (χ4n) is 4.26. The van der Waals surface area contributed by atoms with Crippen LogP contribution in [0.4, 0.5) is 0 Å². The maximum absolute atomic E-state index is 2.47. The monoisotopic (exact) mass is 311 g/mol. The van der Waals surface area contributed by atoms with Gasteiger partial charge >= 0.3 is 0 Å². The summed E-state index contributed by atoms with van der Waals surface area (Å²) in [6, 6.07) is 20.3. The largest absolute Gasteiger partial charge is 0.308 e. The second-order valence-corrected chi connectivity index (χ2v) is 8.01. The van der Waals surface area contributed by atoms with E-state index in [9.17, 15) is 0 Å². The number of rotatable bonds is 0. The molecule has 0 atom stereocenters. The molecule has 24 heavy (non-hydrogen) atoms. The molecule has 2 heterocycles. The molecule has 0 aliphatic heterocycles. The molecular weight excluding hydrogens is 290 g/mol. The average molecular weight is 311 g/mol. The Hall–Kier alpha value is -2.54. The smallest absolute Gasteiger partial charge is 0.0620 e. The predicted octanol–water partition coefficient (Wildman–Crippen LogP) is 6.44. The third-order valence-electron chi connectivity index (χ3n) is 5.30. The number of para-hydroxylation sites is 1. The van der Waals surface area contributed by atoms with E-state index >= 15 is 0 Å². The number of benzene rings is 3. The molecule has 3 aromatic carbocycles. The number of hydrogen-bond acceptors (Lipinski definition) is 0. The SMILES string of the molecule is Cc1ccc2c3cccc4c5c(C(C)(C)C)cccc5n(c2c1)c34. The van der Waals surface area contributed by atoms with Gasteiger partial charge in [-0.05, 0) is 35.6 Å². The van der Waals surface area contributed by atoms with Gasteiger partial charge in [-0.1, -0.05) is 63.2 Å². The van der Waals surface area contributed by atoms with Crippen molar-refractivity contribution in [2.24, 2.45) is 0 Å². The van der Waals surface area contributed by atoms with Crippen molar-refractivity contribution >= 4 is 38.1 Å². The quantitative estimate of drug-likeness (QED) is 0.310. The van der Waals surface area contributed by atoms with E-state index in [0.29, 0.717) is 0 Å². The Morgan fingerprint density at radius 3 is 2.29 bits per heavy atom. The van der Waals surface area contributed by atoms with Gasteiger partial charge in [-0.2, -0.15) is 0 Å². The number of aromatic nitrogens is 1. The van der Waals surface area contributed by atoms with Crippen LogP contribution in [0.5, 0.6) is 0 Å². The highest BCUT2D eigenvalue weighted by Crippen LogP contribution is 2.42. The topological polar surface area (TPSA) is 4.41 Å². The Labute approximate surface area is 141 Å². The molecule has 0 amide bonds. The van der Waals surface area contributed by atoms with Crippen molar-refractivity contribution in [3.63, 3.8) is 0 Å². The molecule has 5 rings (SSSR count). The molecule has 118 valence electrons. The van der Waals surface area contributed by atoms with E-state index in [1.807, 2.05) is 0 Å². The average Bonchev–Trinajstić information content (AvgIpc) is 3.04. The normalized spacial score (nSPS) is 13.0. The Morgan fingerprint density at radius 2 is 1.50 bits per heavy atom. The summed E-state index contributed by atoms with van der Waals surface area (Å²) in [6.45, 7) is 9.09. The molecule has 0 N–H and O–H groups in total. The van der Waals surface area contributed by atoms with Crippen LogP contribution in [-0.4, -0.2) is 4.40 Å². The summed E-state index contributed by atoms with van der Waals surface area (Å²) in [4.78, 5) is 0. The lowest BCUT2D eigenvalue weighted by Gasteiger charge is -2.20. The molecule has 0 bridgehead atoms. The summed E-state index contributed by atoms with van der Waals surface area (Å²) < 4.78 is 2.47. The number of aryl methyl sites for hydroxylation is 1. The first-order valence-corrected chi connectivity index (χ1v) is 8.65. The van der Waals surface area contributed by atoms with Gasteiger partial charge in [0.05, 0.1) is 16.6 Å². The van der Waals surface area contributed by atoms with Gasteiger partial charge in [-0.3, -0.25) is 0 Å². The second-order valence-electron chi connectivity index (χ2n) is 8.01. The molecule has 5 aromatic rings. The molecule has 0 aliphatic carbocycles. The van der Waals surface area contributed by atoms with Crippen LogP contribution in [0.2, 0.25) is 0 Å². The van der Waals surface area contributed by atoms with Crippen molar-refractivity contribution in [2.45, 2.75) is 33.1 Å². The van der Waals surface area contributed by atoms with Gasteiger partial charge in [0.15, 0.2) is 0 Å². The Kier molecular flexibility index (Phi) is 2.48. The lowest BCUT2D eigenvalue weighted by Crippen LogP contribution is -2.11. The summed E-state index contributed by atoms with van der Waals surface area (Å²) in [7, 11) is 0. The first-order chi connectivity index (χ1) is 11.5. The van der Waals surface area contributed by atoms with E-state index < -0.39 is 0 Å². The van der Waals surface area contributed by atoms with Crippen molar-refractivity contribution in [1.82, 2.24) is 4.40 Å². The maximum Gasteiger partial charge on any atom is 0.0620 e. The van der Waals surface area contributed by atoms with Crippen LogP contribution < -0.4 is 0 Å². The van der Waals surface area contributed by atoms with E-state index in [1.54, 1.807) is 0 Å². The second kappa shape index (κ2) is 4.30. The minimum Gasteiger partial charge on any atom is -0.308 e. The van der Waals surface area contributed by atoms with Gasteiger partial charge < -0.3 is 4.40 Å². The molecule has 0 saturated heterocycles. The number of nitrogens with zero attached hydrogens (tertiary/aromatic N) is 1. The standard InChI is InChI=1S/C23H21N/c1-14-11-12-15-16-7-5-8-17-21-18(23(2,3)4)9-6-10-19(21)24(22(16)17)20(15)13-14/h5-13H,1-4H3. The van der Waals surface area contributed by atoms with E-state index in [4.69, 9.17) is 0 Å². The Bertz CT molecular complexity index is 1230. The van der Waals surface area contributed by atoms with Gasteiger partial charge in [-0.25, -0.2) is 0 Å². The molecule has 0 spiro atoms. The molecule has 0 fully saturated rings. The summed E-state index contributed by atoms with van der Waals surface area (Å²) in [5.41, 5.74) is 6.88. The molecule has 0 unspecified atom stereocenters. The van der Waals surface area contributed by atoms with E-state index in [0.717, 1.165) is 0 Å². The maximum atomic E-state index is 2.47. The summed E-state index contributed by atoms with van der Waals surface area (Å²) >= 11 is 0. The van der Waals surface area contributed by atoms with Crippen LogP contribution in [0.1, 0.15) is 31.9 Å². The molecule has 0 aliphatic rings. The zero-order valence-corrected chi connectivity index (χ0v) is 14.6. The van der Waals surface area contributed by atoms with Gasteiger partial charge in [0, 0.05) is 21.5 Å². The van der Waals surface area contributed by atoms with Crippen molar-refractivity contribution in [3.05, 3.63) is 65.7 Å². The first-order valence-electron chi connectivity index (χ1n) is 8.65. The van der Waals surface area contributed by atoms with Crippen molar-refractivity contribution in [2.75, 3.05) is 0 Å². The minimum absolute atomic E-state index is 0.128. The lowest BCUT2D eigenvalue weighted by atomic mass is 9.84. The lowest BCUT2D eigenvalue weighted by molar-refractivity contribution is 0.596. The van der Waals surface area contributed by atoms with Crippen LogP contribution in [0.25, 0.3) is 38.1 Å². The van der Waals surface area contributed by atoms with Crippen LogP contribution in [0.15, 0.2) is 54.6 Å². The third kappa shape index (κ3) is 1.60.